The van der Waals surface area contributed by atoms with Gasteiger partial charge in [-0.1, -0.05) is 0 Å². The quantitative estimate of drug-likeness (QED) is 0.496. The summed E-state index contributed by atoms with van der Waals surface area (Å²) in [5.74, 6) is -3.16. The smallest absolute Gasteiger partial charge is 0.309 e. The zero-order valence-corrected chi connectivity index (χ0v) is 17.8. The van der Waals surface area contributed by atoms with Gasteiger partial charge in [-0.3, -0.25) is 19.2 Å². The van der Waals surface area contributed by atoms with E-state index in [2.05, 4.69) is 20.5 Å². The van der Waals surface area contributed by atoms with Gasteiger partial charge in [0.2, 0.25) is 5.91 Å². The van der Waals surface area contributed by atoms with Crippen LogP contribution in [0.1, 0.15) is 27.3 Å². The average Bonchev–Trinajstić information content (AvgIpc) is 3.02. The Hall–Kier alpha value is -2.24. The molecule has 4 N–H and O–H groups in total. The summed E-state index contributed by atoms with van der Waals surface area (Å²) in [5.41, 5.74) is 4.35. The minimum atomic E-state index is -1.46. The Balaban J connectivity index is 0.00000392. The summed E-state index contributed by atoms with van der Waals surface area (Å²) in [4.78, 5) is 56.5. The molecule has 1 aliphatic rings. The number of fused-ring (bicyclic) bond motifs is 1. The molecule has 2 heterocycles. The van der Waals surface area contributed by atoms with E-state index in [4.69, 9.17) is 5.73 Å². The van der Waals surface area contributed by atoms with Crippen molar-refractivity contribution >= 4 is 47.4 Å². The number of amides is 4. The zero-order chi connectivity index (χ0) is 20.4. The number of carbonyl (C=O) groups is 4. The number of primary amides is 1. The molecule has 10 nitrogen and oxygen atoms in total. The van der Waals surface area contributed by atoms with E-state index in [0.29, 0.717) is 0 Å². The number of thiazole rings is 1. The largest absolute Gasteiger partial charge is 0.361 e. The van der Waals surface area contributed by atoms with Gasteiger partial charge in [-0.05, 0) is 14.0 Å². The summed E-state index contributed by atoms with van der Waals surface area (Å²) >= 11 is 1.29. The Morgan fingerprint density at radius 2 is 1.96 bits per heavy atom. The van der Waals surface area contributed by atoms with Crippen LogP contribution in [-0.4, -0.2) is 78.2 Å². The Bertz CT molecular complexity index is 783. The van der Waals surface area contributed by atoms with Gasteiger partial charge in [-0.25, -0.2) is 4.98 Å². The molecule has 0 aromatic carbocycles. The van der Waals surface area contributed by atoms with Crippen LogP contribution in [0.25, 0.3) is 0 Å². The lowest BCUT2D eigenvalue weighted by molar-refractivity contribution is -0.139. The van der Waals surface area contributed by atoms with Gasteiger partial charge in [-0.15, -0.1) is 23.7 Å². The SMILES string of the molecule is CN1CCc2nc(C(=O)N[C@@](C)(CNC(=O)C(N)=O)C(=O)N(C)C)sc2C1.Cl. The molecule has 0 unspecified atom stereocenters. The lowest BCUT2D eigenvalue weighted by Gasteiger charge is -2.31. The summed E-state index contributed by atoms with van der Waals surface area (Å²) in [6.07, 6.45) is 0.762. The first-order valence-corrected chi connectivity index (χ1v) is 9.14. The minimum absolute atomic E-state index is 0. The van der Waals surface area contributed by atoms with Gasteiger partial charge in [0, 0.05) is 45.0 Å². The van der Waals surface area contributed by atoms with E-state index in [1.807, 2.05) is 7.05 Å². The van der Waals surface area contributed by atoms with E-state index < -0.39 is 29.2 Å². The van der Waals surface area contributed by atoms with Crippen LogP contribution in [0.2, 0.25) is 0 Å². The van der Waals surface area contributed by atoms with Crippen LogP contribution < -0.4 is 16.4 Å². The Morgan fingerprint density at radius 3 is 2.54 bits per heavy atom. The Labute approximate surface area is 173 Å². The number of nitrogens with zero attached hydrogens (tertiary/aromatic N) is 3. The second-order valence-corrected chi connectivity index (χ2v) is 7.99. The van der Waals surface area contributed by atoms with E-state index in [9.17, 15) is 19.2 Å². The summed E-state index contributed by atoms with van der Waals surface area (Å²) in [6, 6.07) is 0. The standard InChI is InChI=1S/C16H24N6O4S.ClH/c1-16(15(26)21(2)3,8-18-12(24)11(17)23)20-13(25)14-19-9-5-6-22(4)7-10(9)27-14;/h5-8H2,1-4H3,(H2,17,23)(H,18,24)(H,20,25);1H/t16-;/m0./s1. The highest BCUT2D eigenvalue weighted by Crippen LogP contribution is 2.24. The highest BCUT2D eigenvalue weighted by molar-refractivity contribution is 7.13. The second kappa shape index (κ2) is 9.30. The zero-order valence-electron chi connectivity index (χ0n) is 16.2. The van der Waals surface area contributed by atoms with E-state index >= 15 is 0 Å². The van der Waals surface area contributed by atoms with Crippen LogP contribution in [0.3, 0.4) is 0 Å². The predicted octanol–water partition coefficient (Wildman–Crippen LogP) is -1.27. The number of rotatable bonds is 5. The van der Waals surface area contributed by atoms with Gasteiger partial charge in [0.1, 0.15) is 5.54 Å². The highest BCUT2D eigenvalue weighted by Gasteiger charge is 2.38. The maximum atomic E-state index is 12.7. The Morgan fingerprint density at radius 1 is 1.32 bits per heavy atom. The molecule has 0 saturated carbocycles. The molecule has 0 spiro atoms. The lowest BCUT2D eigenvalue weighted by atomic mass is 10.00. The van der Waals surface area contributed by atoms with Crippen molar-refractivity contribution in [1.82, 2.24) is 25.4 Å². The van der Waals surface area contributed by atoms with Crippen LogP contribution in [0.5, 0.6) is 0 Å². The fourth-order valence-electron chi connectivity index (χ4n) is 2.74. The first-order chi connectivity index (χ1) is 12.5. The lowest BCUT2D eigenvalue weighted by Crippen LogP contribution is -2.62. The summed E-state index contributed by atoms with van der Waals surface area (Å²) in [7, 11) is 5.05. The maximum Gasteiger partial charge on any atom is 0.309 e. The molecule has 1 atom stereocenters. The summed E-state index contributed by atoms with van der Waals surface area (Å²) in [6.45, 7) is 2.78. The monoisotopic (exact) mass is 432 g/mol. The topological polar surface area (TPSA) is 138 Å². The normalized spacial score (nSPS) is 15.4. The predicted molar refractivity (Wildman–Crippen MR) is 106 cm³/mol. The molecule has 1 aromatic heterocycles. The summed E-state index contributed by atoms with van der Waals surface area (Å²) < 4.78 is 0. The maximum absolute atomic E-state index is 12.7. The van der Waals surface area contributed by atoms with Crippen LogP contribution in [0.15, 0.2) is 0 Å². The van der Waals surface area contributed by atoms with Crippen LogP contribution in [0.4, 0.5) is 0 Å². The van der Waals surface area contributed by atoms with Crippen molar-refractivity contribution < 1.29 is 19.2 Å². The number of nitrogens with two attached hydrogens (primary N) is 1. The molecule has 1 aromatic rings. The third-order valence-corrected chi connectivity index (χ3v) is 5.29. The van der Waals surface area contributed by atoms with Crippen molar-refractivity contribution in [2.75, 3.05) is 34.2 Å². The minimum Gasteiger partial charge on any atom is -0.361 e. The van der Waals surface area contributed by atoms with Crippen molar-refractivity contribution in [1.29, 1.82) is 0 Å². The molecule has 2 rings (SSSR count). The first-order valence-electron chi connectivity index (χ1n) is 8.32. The van der Waals surface area contributed by atoms with E-state index in [1.54, 1.807) is 0 Å². The van der Waals surface area contributed by atoms with E-state index in [0.717, 1.165) is 30.1 Å². The van der Waals surface area contributed by atoms with Crippen LogP contribution in [0, 0.1) is 0 Å². The van der Waals surface area contributed by atoms with Gasteiger partial charge in [-0.2, -0.15) is 0 Å². The fourth-order valence-corrected chi connectivity index (χ4v) is 3.82. The highest BCUT2D eigenvalue weighted by atomic mass is 35.5. The third-order valence-electron chi connectivity index (χ3n) is 4.21. The number of hydrogen-bond donors (Lipinski definition) is 3. The molecule has 28 heavy (non-hydrogen) atoms. The van der Waals surface area contributed by atoms with Crippen LogP contribution >= 0.6 is 23.7 Å². The molecule has 156 valence electrons. The van der Waals surface area contributed by atoms with E-state index in [-0.39, 0.29) is 24.0 Å². The van der Waals surface area contributed by atoms with Gasteiger partial charge in [0.05, 0.1) is 5.69 Å². The van der Waals surface area contributed by atoms with Gasteiger partial charge >= 0.3 is 11.8 Å². The number of likely N-dealkylation sites (N-methyl/N-ethyl adjacent to an activating group) is 2. The molecule has 12 heteroatoms. The van der Waals surface area contributed by atoms with Crippen molar-refractivity contribution in [3.05, 3.63) is 15.6 Å². The van der Waals surface area contributed by atoms with Crippen molar-refractivity contribution in [3.8, 4) is 0 Å². The number of halogens is 1. The number of nitrogens with one attached hydrogen (secondary N) is 2. The van der Waals surface area contributed by atoms with Crippen LogP contribution in [-0.2, 0) is 27.3 Å². The second-order valence-electron chi connectivity index (χ2n) is 6.91. The molecule has 1 aliphatic heterocycles. The fraction of sp³-hybridized carbons (Fsp3) is 0.562. The van der Waals surface area contributed by atoms with Crippen molar-refractivity contribution in [3.63, 3.8) is 0 Å². The number of carbonyl (C=O) groups excluding carboxylic acids is 4. The number of aromatic nitrogens is 1. The van der Waals surface area contributed by atoms with Gasteiger partial charge in [0.15, 0.2) is 5.01 Å². The third kappa shape index (κ3) is 5.40. The van der Waals surface area contributed by atoms with E-state index in [1.165, 1.54) is 37.3 Å². The van der Waals surface area contributed by atoms with Crippen molar-refractivity contribution in [2.45, 2.75) is 25.4 Å². The summed E-state index contributed by atoms with van der Waals surface area (Å²) in [5, 5.41) is 5.17. The molecule has 0 bridgehead atoms. The molecule has 0 fully saturated rings. The molecule has 0 radical (unpaired) electrons. The first kappa shape index (κ1) is 23.8. The van der Waals surface area contributed by atoms with Gasteiger partial charge < -0.3 is 26.2 Å². The molecule has 4 amide bonds. The van der Waals surface area contributed by atoms with Gasteiger partial charge in [0.25, 0.3) is 5.91 Å². The molecule has 0 aliphatic carbocycles. The molecule has 0 saturated heterocycles. The Kier molecular flexibility index (Phi) is 7.91. The average molecular weight is 433 g/mol. The molecular formula is C16H25ClN6O4S. The van der Waals surface area contributed by atoms with Crippen molar-refractivity contribution in [2.24, 2.45) is 5.73 Å². The molecular weight excluding hydrogens is 408 g/mol. The number of hydrogen-bond acceptors (Lipinski definition) is 7.